The summed E-state index contributed by atoms with van der Waals surface area (Å²) in [5.74, 6) is 0. The third kappa shape index (κ3) is 1.21. The molecule has 0 aliphatic carbocycles. The minimum absolute atomic E-state index is 0.981. The number of aromatic nitrogens is 4. The van der Waals surface area contributed by atoms with Crippen LogP contribution in [0.25, 0.3) is 16.3 Å². The largest absolute Gasteiger partial charge is 0.294 e. The first-order valence-corrected chi connectivity index (χ1v) is 5.92. The van der Waals surface area contributed by atoms with Crippen LogP contribution < -0.4 is 0 Å². The molecule has 3 aromatic rings. The van der Waals surface area contributed by atoms with E-state index in [-0.39, 0.29) is 0 Å². The van der Waals surface area contributed by atoms with Gasteiger partial charge in [0, 0.05) is 30.0 Å². The zero-order valence-electron chi connectivity index (χ0n) is 9.43. The summed E-state index contributed by atoms with van der Waals surface area (Å²) in [5, 5.41) is 4.16. The van der Waals surface area contributed by atoms with Gasteiger partial charge in [0.25, 0.3) is 0 Å². The highest BCUT2D eigenvalue weighted by Crippen LogP contribution is 2.25. The summed E-state index contributed by atoms with van der Waals surface area (Å²) in [6, 6.07) is 1.98. The molecule has 0 aliphatic rings. The molecule has 0 bridgehead atoms. The molecule has 0 unspecified atom stereocenters. The molecule has 3 aromatic heterocycles. The van der Waals surface area contributed by atoms with Crippen LogP contribution in [0.4, 0.5) is 0 Å². The lowest BCUT2D eigenvalue weighted by molar-refractivity contribution is 0.774. The average molecular weight is 232 g/mol. The summed E-state index contributed by atoms with van der Waals surface area (Å²) in [5.41, 5.74) is 3.29. The van der Waals surface area contributed by atoms with Crippen molar-refractivity contribution in [2.24, 2.45) is 7.05 Å². The molecule has 0 N–H and O–H groups in total. The van der Waals surface area contributed by atoms with E-state index in [2.05, 4.69) is 34.5 Å². The van der Waals surface area contributed by atoms with Gasteiger partial charge in [0.15, 0.2) is 4.96 Å². The number of aryl methyl sites for hydroxylation is 3. The molecular weight excluding hydrogens is 220 g/mol. The van der Waals surface area contributed by atoms with E-state index in [9.17, 15) is 0 Å². The van der Waals surface area contributed by atoms with Gasteiger partial charge in [-0.05, 0) is 19.9 Å². The monoisotopic (exact) mass is 232 g/mol. The Morgan fingerprint density at radius 1 is 1.31 bits per heavy atom. The first-order valence-electron chi connectivity index (χ1n) is 5.10. The van der Waals surface area contributed by atoms with Crippen molar-refractivity contribution in [3.8, 4) is 11.4 Å². The van der Waals surface area contributed by atoms with Gasteiger partial charge in [0.05, 0.1) is 5.69 Å². The van der Waals surface area contributed by atoms with Gasteiger partial charge in [-0.1, -0.05) is 0 Å². The fraction of sp³-hybridized carbons (Fsp3) is 0.273. The fourth-order valence-electron chi connectivity index (χ4n) is 1.80. The van der Waals surface area contributed by atoms with Crippen molar-refractivity contribution in [2.75, 3.05) is 0 Å². The molecule has 0 saturated heterocycles. The molecule has 0 fully saturated rings. The van der Waals surface area contributed by atoms with Crippen molar-refractivity contribution in [3.63, 3.8) is 0 Å². The number of fused-ring (bicyclic) bond motifs is 1. The van der Waals surface area contributed by atoms with E-state index in [1.165, 1.54) is 10.6 Å². The summed E-state index contributed by atoms with van der Waals surface area (Å²) in [6.07, 6.45) is 3.87. The van der Waals surface area contributed by atoms with Crippen molar-refractivity contribution < 1.29 is 0 Å². The van der Waals surface area contributed by atoms with Crippen molar-refractivity contribution in [3.05, 3.63) is 29.0 Å². The Labute approximate surface area is 97.2 Å². The van der Waals surface area contributed by atoms with Gasteiger partial charge in [-0.2, -0.15) is 5.10 Å². The second-order valence-electron chi connectivity index (χ2n) is 3.86. The Hall–Kier alpha value is -1.62. The van der Waals surface area contributed by atoms with Gasteiger partial charge in [-0.15, -0.1) is 11.3 Å². The lowest BCUT2D eigenvalue weighted by Crippen LogP contribution is -1.93. The maximum absolute atomic E-state index is 4.62. The number of thiazole rings is 1. The number of hydrogen-bond acceptors (Lipinski definition) is 3. The van der Waals surface area contributed by atoms with E-state index in [0.717, 1.165) is 16.3 Å². The Balaban J connectivity index is 2.24. The summed E-state index contributed by atoms with van der Waals surface area (Å²) in [6.45, 7) is 4.24. The molecule has 0 aromatic carbocycles. The van der Waals surface area contributed by atoms with E-state index in [1.807, 2.05) is 17.8 Å². The minimum atomic E-state index is 0.981. The molecule has 4 nitrogen and oxygen atoms in total. The fourth-order valence-corrected chi connectivity index (χ4v) is 2.76. The van der Waals surface area contributed by atoms with Gasteiger partial charge >= 0.3 is 0 Å². The van der Waals surface area contributed by atoms with E-state index < -0.39 is 0 Å². The van der Waals surface area contributed by atoms with Gasteiger partial charge in [-0.3, -0.25) is 9.08 Å². The third-order valence-electron chi connectivity index (χ3n) is 2.87. The Morgan fingerprint density at radius 3 is 2.75 bits per heavy atom. The number of nitrogens with zero attached hydrogens (tertiary/aromatic N) is 4. The van der Waals surface area contributed by atoms with Crippen LogP contribution in [0.15, 0.2) is 18.5 Å². The van der Waals surface area contributed by atoms with Crippen LogP contribution in [0.2, 0.25) is 0 Å². The SMILES string of the molecule is Cc1sc2nc(-c3ccnn3C)cn2c1C. The molecule has 3 rings (SSSR count). The molecule has 16 heavy (non-hydrogen) atoms. The number of rotatable bonds is 1. The smallest absolute Gasteiger partial charge is 0.194 e. The Bertz CT molecular complexity index is 659. The van der Waals surface area contributed by atoms with Crippen LogP contribution >= 0.6 is 11.3 Å². The second-order valence-corrected chi connectivity index (χ2v) is 5.04. The summed E-state index contributed by atoms with van der Waals surface area (Å²) in [4.78, 5) is 6.98. The standard InChI is InChI=1S/C11H12N4S/c1-7-8(2)16-11-13-9(6-15(7)11)10-4-5-12-14(10)3/h4-6H,1-3H3. The maximum atomic E-state index is 4.62. The zero-order chi connectivity index (χ0) is 11.3. The molecule has 0 amide bonds. The zero-order valence-corrected chi connectivity index (χ0v) is 10.2. The molecule has 0 aliphatic heterocycles. The van der Waals surface area contributed by atoms with E-state index >= 15 is 0 Å². The number of hydrogen-bond donors (Lipinski definition) is 0. The molecule has 3 heterocycles. The maximum Gasteiger partial charge on any atom is 0.194 e. The summed E-state index contributed by atoms with van der Waals surface area (Å²) in [7, 11) is 1.93. The quantitative estimate of drug-likeness (QED) is 0.646. The van der Waals surface area contributed by atoms with Gasteiger partial charge in [0.2, 0.25) is 0 Å². The van der Waals surface area contributed by atoms with Crippen molar-refractivity contribution in [1.29, 1.82) is 0 Å². The molecule has 0 atom stereocenters. The normalized spacial score (nSPS) is 11.4. The van der Waals surface area contributed by atoms with Crippen LogP contribution in [0.3, 0.4) is 0 Å². The highest BCUT2D eigenvalue weighted by Gasteiger charge is 2.11. The van der Waals surface area contributed by atoms with Crippen LogP contribution in [0.1, 0.15) is 10.6 Å². The first kappa shape index (κ1) is 9.59. The predicted octanol–water partition coefficient (Wildman–Crippen LogP) is 2.41. The minimum Gasteiger partial charge on any atom is -0.294 e. The number of imidazole rings is 1. The Morgan fingerprint density at radius 2 is 2.12 bits per heavy atom. The molecule has 0 saturated carbocycles. The lowest BCUT2D eigenvalue weighted by Gasteiger charge is -1.95. The van der Waals surface area contributed by atoms with Crippen LogP contribution in [-0.4, -0.2) is 19.2 Å². The second kappa shape index (κ2) is 3.18. The predicted molar refractivity (Wildman–Crippen MR) is 64.7 cm³/mol. The highest BCUT2D eigenvalue weighted by molar-refractivity contribution is 7.17. The molecule has 0 spiro atoms. The van der Waals surface area contributed by atoms with Crippen LogP contribution in [0, 0.1) is 13.8 Å². The van der Waals surface area contributed by atoms with Crippen LogP contribution in [0.5, 0.6) is 0 Å². The van der Waals surface area contributed by atoms with Gasteiger partial charge < -0.3 is 0 Å². The summed E-state index contributed by atoms with van der Waals surface area (Å²) < 4.78 is 3.98. The van der Waals surface area contributed by atoms with Crippen LogP contribution in [-0.2, 0) is 7.05 Å². The first-order chi connectivity index (χ1) is 7.66. The van der Waals surface area contributed by atoms with Gasteiger partial charge in [-0.25, -0.2) is 4.98 Å². The molecule has 5 heteroatoms. The van der Waals surface area contributed by atoms with Crippen molar-refractivity contribution in [1.82, 2.24) is 19.2 Å². The molecular formula is C11H12N4S. The molecule has 0 radical (unpaired) electrons. The van der Waals surface area contributed by atoms with Gasteiger partial charge in [0.1, 0.15) is 5.69 Å². The lowest BCUT2D eigenvalue weighted by atomic mass is 10.3. The highest BCUT2D eigenvalue weighted by atomic mass is 32.1. The summed E-state index contributed by atoms with van der Waals surface area (Å²) >= 11 is 1.72. The average Bonchev–Trinajstić information content (AvgIpc) is 2.87. The topological polar surface area (TPSA) is 35.1 Å². The van der Waals surface area contributed by atoms with Crippen molar-refractivity contribution >= 4 is 16.3 Å². The van der Waals surface area contributed by atoms with E-state index in [1.54, 1.807) is 17.5 Å². The van der Waals surface area contributed by atoms with Crippen molar-refractivity contribution in [2.45, 2.75) is 13.8 Å². The molecule has 82 valence electrons. The van der Waals surface area contributed by atoms with E-state index in [4.69, 9.17) is 0 Å². The third-order valence-corrected chi connectivity index (χ3v) is 3.94. The Kier molecular flexibility index (Phi) is 1.91. The van der Waals surface area contributed by atoms with E-state index in [0.29, 0.717) is 0 Å².